The normalized spacial score (nSPS) is 25.4. The van der Waals surface area contributed by atoms with Gasteiger partial charge in [-0.05, 0) is 30.8 Å². The number of nitrogens with zero attached hydrogens (tertiary/aromatic N) is 2. The Morgan fingerprint density at radius 3 is 2.72 bits per heavy atom. The lowest BCUT2D eigenvalue weighted by Crippen LogP contribution is -2.51. The van der Waals surface area contributed by atoms with Crippen LogP contribution < -0.4 is 9.64 Å². The lowest BCUT2D eigenvalue weighted by Gasteiger charge is -2.32. The average Bonchev–Trinajstić information content (AvgIpc) is 3.18. The summed E-state index contributed by atoms with van der Waals surface area (Å²) in [6.07, 6.45) is 0. The smallest absolute Gasteiger partial charge is 0.317 e. The van der Waals surface area contributed by atoms with Gasteiger partial charge in [-0.3, -0.25) is 0 Å². The van der Waals surface area contributed by atoms with Crippen molar-refractivity contribution in [1.82, 2.24) is 0 Å². The second-order valence-corrected chi connectivity index (χ2v) is 7.31. The molecular weight excluding hydrogens is 339 g/mol. The predicted molar refractivity (Wildman–Crippen MR) is 97.8 cm³/mol. The highest BCUT2D eigenvalue weighted by Crippen LogP contribution is 2.44. The molecule has 2 atom stereocenters. The van der Waals surface area contributed by atoms with Crippen molar-refractivity contribution < 1.29 is 18.8 Å². The molecule has 0 aliphatic carbocycles. The summed E-state index contributed by atoms with van der Waals surface area (Å²) in [5, 5.41) is 12.6. The molecule has 6 heteroatoms. The number of anilines is 1. The van der Waals surface area contributed by atoms with Gasteiger partial charge in [-0.25, -0.2) is 8.97 Å². The minimum absolute atomic E-state index is 0.193. The molecule has 2 aliphatic heterocycles. The van der Waals surface area contributed by atoms with Gasteiger partial charge in [0.05, 0.1) is 13.7 Å². The van der Waals surface area contributed by atoms with Crippen LogP contribution in [0.1, 0.15) is 12.5 Å². The first-order chi connectivity index (χ1) is 12.1. The van der Waals surface area contributed by atoms with Crippen LogP contribution in [-0.2, 0) is 5.72 Å². The molecule has 0 amide bonds. The Morgan fingerprint density at radius 2 is 2.04 bits per heavy atom. The highest BCUT2D eigenvalue weighted by atomic mass is 32.2. The van der Waals surface area contributed by atoms with Gasteiger partial charge in [0.2, 0.25) is 0 Å². The van der Waals surface area contributed by atoms with E-state index in [1.54, 1.807) is 28.8 Å². The van der Waals surface area contributed by atoms with Gasteiger partial charge in [0.1, 0.15) is 5.75 Å². The maximum Gasteiger partial charge on any atom is 0.317 e. The molecule has 0 saturated carbocycles. The van der Waals surface area contributed by atoms with Crippen molar-refractivity contribution in [2.24, 2.45) is 0 Å². The number of hydrogen-bond donors (Lipinski definition) is 1. The van der Waals surface area contributed by atoms with Crippen LogP contribution in [0.5, 0.6) is 5.75 Å². The Labute approximate surface area is 150 Å². The summed E-state index contributed by atoms with van der Waals surface area (Å²) in [7, 11) is 1.51. The Bertz CT molecular complexity index is 843. The summed E-state index contributed by atoms with van der Waals surface area (Å²) < 4.78 is 22.1. The van der Waals surface area contributed by atoms with Crippen molar-refractivity contribution in [3.05, 3.63) is 59.9 Å². The third-order valence-electron chi connectivity index (χ3n) is 4.99. The zero-order valence-corrected chi connectivity index (χ0v) is 15.0. The lowest BCUT2D eigenvalue weighted by atomic mass is 9.94. The molecule has 25 heavy (non-hydrogen) atoms. The first-order valence-electron chi connectivity index (χ1n) is 8.25. The molecule has 0 aromatic heterocycles. The number of hydrogen-bond acceptors (Lipinski definition) is 4. The molecule has 1 N–H and O–H groups in total. The van der Waals surface area contributed by atoms with Crippen LogP contribution >= 0.6 is 11.8 Å². The van der Waals surface area contributed by atoms with E-state index in [0.717, 1.165) is 23.0 Å². The molecule has 2 aromatic carbocycles. The van der Waals surface area contributed by atoms with Crippen LogP contribution in [-0.4, -0.2) is 40.3 Å². The Balaban J connectivity index is 1.90. The molecule has 0 fully saturated rings. The van der Waals surface area contributed by atoms with Crippen LogP contribution in [0, 0.1) is 5.82 Å². The van der Waals surface area contributed by atoms with E-state index < -0.39 is 11.5 Å². The second-order valence-electron chi connectivity index (χ2n) is 6.25. The number of methoxy groups -OCH3 is 1. The fourth-order valence-corrected chi connectivity index (χ4v) is 4.90. The molecule has 4 rings (SSSR count). The Morgan fingerprint density at radius 1 is 1.28 bits per heavy atom. The van der Waals surface area contributed by atoms with Gasteiger partial charge in [0.15, 0.2) is 17.5 Å². The number of ether oxygens (including phenoxy) is 1. The molecule has 0 unspecified atom stereocenters. The third kappa shape index (κ3) is 2.35. The minimum atomic E-state index is -1.33. The van der Waals surface area contributed by atoms with E-state index in [4.69, 9.17) is 4.74 Å². The number of rotatable bonds is 3. The molecule has 130 valence electrons. The van der Waals surface area contributed by atoms with Crippen LogP contribution in [0.4, 0.5) is 10.1 Å². The minimum Gasteiger partial charge on any atom is -0.497 e. The summed E-state index contributed by atoms with van der Waals surface area (Å²) in [4.78, 5) is 1.74. The number of aliphatic hydroxyl groups is 1. The van der Waals surface area contributed by atoms with Crippen LogP contribution in [0.15, 0.2) is 48.5 Å². The molecule has 0 bridgehead atoms. The summed E-state index contributed by atoms with van der Waals surface area (Å²) in [6.45, 7) is 2.82. The molecule has 2 aliphatic rings. The predicted octanol–water partition coefficient (Wildman–Crippen LogP) is 3.00. The van der Waals surface area contributed by atoms with Crippen molar-refractivity contribution in [2.45, 2.75) is 18.7 Å². The Hall–Kier alpha value is -2.05. The van der Waals surface area contributed by atoms with Crippen molar-refractivity contribution in [3.63, 3.8) is 0 Å². The van der Waals surface area contributed by atoms with E-state index in [-0.39, 0.29) is 6.04 Å². The zero-order valence-electron chi connectivity index (χ0n) is 14.1. The van der Waals surface area contributed by atoms with Crippen LogP contribution in [0.3, 0.4) is 0 Å². The van der Waals surface area contributed by atoms with Crippen molar-refractivity contribution in [3.8, 4) is 5.75 Å². The first kappa shape index (κ1) is 16.4. The van der Waals surface area contributed by atoms with Gasteiger partial charge in [-0.1, -0.05) is 30.3 Å². The van der Waals surface area contributed by atoms with E-state index in [2.05, 4.69) is 4.58 Å². The van der Waals surface area contributed by atoms with Crippen molar-refractivity contribution in [2.75, 3.05) is 24.3 Å². The number of thioether (sulfide) groups is 1. The van der Waals surface area contributed by atoms with E-state index >= 15 is 0 Å². The molecule has 0 saturated heterocycles. The maximum atomic E-state index is 14.9. The third-order valence-corrected chi connectivity index (χ3v) is 6.05. The summed E-state index contributed by atoms with van der Waals surface area (Å²) in [6, 6.07) is 14.0. The Kier molecular flexibility index (Phi) is 3.96. The van der Waals surface area contributed by atoms with Gasteiger partial charge in [0, 0.05) is 17.4 Å². The van der Waals surface area contributed by atoms with E-state index in [0.29, 0.717) is 11.4 Å². The fourth-order valence-electron chi connectivity index (χ4n) is 3.65. The van der Waals surface area contributed by atoms with E-state index in [9.17, 15) is 9.50 Å². The monoisotopic (exact) mass is 359 g/mol. The number of amidine groups is 1. The largest absolute Gasteiger partial charge is 0.497 e. The maximum absolute atomic E-state index is 14.9. The number of benzene rings is 2. The topological polar surface area (TPSA) is 35.7 Å². The van der Waals surface area contributed by atoms with Gasteiger partial charge in [-0.15, -0.1) is 0 Å². The molecule has 0 spiro atoms. The van der Waals surface area contributed by atoms with Crippen LogP contribution in [0.2, 0.25) is 0 Å². The molecular formula is C19H20FN2O2S+. The fraction of sp³-hybridized carbons (Fsp3) is 0.316. The lowest BCUT2D eigenvalue weighted by molar-refractivity contribution is -0.562. The average molecular weight is 359 g/mol. The van der Waals surface area contributed by atoms with E-state index in [1.165, 1.54) is 13.2 Å². The molecule has 4 nitrogen and oxygen atoms in total. The summed E-state index contributed by atoms with van der Waals surface area (Å²) >= 11 is 1.65. The molecule has 2 aromatic rings. The van der Waals surface area contributed by atoms with Crippen molar-refractivity contribution >= 4 is 22.6 Å². The molecule has 0 radical (unpaired) electrons. The highest BCUT2D eigenvalue weighted by molar-refractivity contribution is 8.14. The standard InChI is InChI=1S/C19H20FN2O2S/c1-13-19(23,14-6-4-3-5-7-14)22(18-21(13)10-11-25-18)17-9-8-15(24-2)12-16(17)20/h3-9,12-13,23H,10-11H2,1-2H3/q+1/t13-,19-/m1/s1. The quantitative estimate of drug-likeness (QED) is 0.855. The second kappa shape index (κ2) is 6.04. The van der Waals surface area contributed by atoms with Gasteiger partial charge in [-0.2, -0.15) is 4.90 Å². The first-order valence-corrected chi connectivity index (χ1v) is 9.24. The van der Waals surface area contributed by atoms with Gasteiger partial charge < -0.3 is 9.84 Å². The SMILES string of the molecule is COc1ccc(N2C3=[N+](CCS3)[C@H](C)[C@@]2(O)c2ccccc2)c(F)c1. The highest BCUT2D eigenvalue weighted by Gasteiger charge is 2.61. The summed E-state index contributed by atoms with van der Waals surface area (Å²) in [5.41, 5.74) is -0.231. The zero-order chi connectivity index (χ0) is 17.6. The van der Waals surface area contributed by atoms with Gasteiger partial charge in [0.25, 0.3) is 5.72 Å². The van der Waals surface area contributed by atoms with Crippen molar-refractivity contribution in [1.29, 1.82) is 0 Å². The number of halogens is 1. The van der Waals surface area contributed by atoms with Crippen LogP contribution in [0.25, 0.3) is 0 Å². The summed E-state index contributed by atoms with van der Waals surface area (Å²) in [5.74, 6) is 0.971. The molecule has 2 heterocycles. The van der Waals surface area contributed by atoms with E-state index in [1.807, 2.05) is 37.3 Å². The van der Waals surface area contributed by atoms with Gasteiger partial charge >= 0.3 is 5.17 Å².